The van der Waals surface area contributed by atoms with Gasteiger partial charge in [0.15, 0.2) is 28.8 Å². The average molecular weight is 347 g/mol. The number of allylic oxidation sites excluding steroid dienone is 1. The predicted molar refractivity (Wildman–Crippen MR) is 90.5 cm³/mol. The van der Waals surface area contributed by atoms with Gasteiger partial charge in [0.25, 0.3) is 0 Å². The van der Waals surface area contributed by atoms with Crippen molar-refractivity contribution in [1.82, 2.24) is 0 Å². The largest absolute Gasteiger partial charge is 0.493 e. The van der Waals surface area contributed by atoms with Gasteiger partial charge in [0, 0.05) is 5.56 Å². The molecule has 0 saturated heterocycles. The summed E-state index contributed by atoms with van der Waals surface area (Å²) in [6, 6.07) is 8.50. The molecule has 0 aromatic heterocycles. The molecule has 124 valence electrons. The van der Waals surface area contributed by atoms with E-state index in [0.717, 1.165) is 5.56 Å². The van der Waals surface area contributed by atoms with Crippen LogP contribution in [0.3, 0.4) is 0 Å². The number of hydrogen-bond acceptors (Lipinski definition) is 5. The van der Waals surface area contributed by atoms with Crippen LogP contribution in [-0.4, -0.2) is 26.8 Å². The maximum atomic E-state index is 12.3. The van der Waals surface area contributed by atoms with Gasteiger partial charge < -0.3 is 18.9 Å². The molecule has 1 heterocycles. The van der Waals surface area contributed by atoms with Crippen LogP contribution in [0.2, 0.25) is 5.02 Å². The SMILES string of the molecule is COc1ccc(C(=O)/C=C/c2cc(Cl)c3c(c2)OCO3)cc1OC. The zero-order valence-corrected chi connectivity index (χ0v) is 13.9. The summed E-state index contributed by atoms with van der Waals surface area (Å²) in [6.45, 7) is 0.146. The Morgan fingerprint density at radius 1 is 1.12 bits per heavy atom. The Morgan fingerprint density at radius 3 is 2.67 bits per heavy atom. The summed E-state index contributed by atoms with van der Waals surface area (Å²) in [5.74, 6) is 2.01. The van der Waals surface area contributed by atoms with E-state index in [1.54, 1.807) is 43.5 Å². The van der Waals surface area contributed by atoms with Crippen molar-refractivity contribution in [3.8, 4) is 23.0 Å². The van der Waals surface area contributed by atoms with Gasteiger partial charge in [-0.3, -0.25) is 4.79 Å². The molecule has 0 radical (unpaired) electrons. The number of benzene rings is 2. The standard InChI is InChI=1S/C18H15ClO5/c1-21-15-6-4-12(9-16(15)22-2)14(20)5-3-11-7-13(19)18-17(8-11)23-10-24-18/h3-9H,10H2,1-2H3/b5-3+. The zero-order chi connectivity index (χ0) is 17.1. The molecule has 2 aromatic rings. The molecule has 6 heteroatoms. The van der Waals surface area contributed by atoms with Crippen molar-refractivity contribution in [2.45, 2.75) is 0 Å². The second-order valence-corrected chi connectivity index (χ2v) is 5.41. The Labute approximate surface area is 144 Å². The molecule has 1 aliphatic heterocycles. The number of fused-ring (bicyclic) bond motifs is 1. The van der Waals surface area contributed by atoms with Crippen LogP contribution in [0.1, 0.15) is 15.9 Å². The van der Waals surface area contributed by atoms with Crippen LogP contribution in [0.15, 0.2) is 36.4 Å². The molecule has 24 heavy (non-hydrogen) atoms. The first-order chi connectivity index (χ1) is 11.6. The molecule has 2 aromatic carbocycles. The molecule has 0 spiro atoms. The highest BCUT2D eigenvalue weighted by Gasteiger charge is 2.17. The third-order valence-electron chi connectivity index (χ3n) is 3.54. The fraction of sp³-hybridized carbons (Fsp3) is 0.167. The summed E-state index contributed by atoms with van der Waals surface area (Å²) < 4.78 is 20.9. The van der Waals surface area contributed by atoms with Crippen molar-refractivity contribution >= 4 is 23.5 Å². The second kappa shape index (κ2) is 6.84. The topological polar surface area (TPSA) is 54.0 Å². The number of carbonyl (C=O) groups is 1. The number of halogens is 1. The first-order valence-electron chi connectivity index (χ1n) is 7.16. The third kappa shape index (κ3) is 3.16. The molecule has 0 unspecified atom stereocenters. The van der Waals surface area contributed by atoms with Crippen molar-refractivity contribution in [3.05, 3.63) is 52.6 Å². The normalized spacial score (nSPS) is 12.5. The molecular weight excluding hydrogens is 332 g/mol. The molecule has 3 rings (SSSR count). The lowest BCUT2D eigenvalue weighted by Gasteiger charge is -2.08. The highest BCUT2D eigenvalue weighted by atomic mass is 35.5. The maximum absolute atomic E-state index is 12.3. The van der Waals surface area contributed by atoms with Crippen LogP contribution in [0.25, 0.3) is 6.08 Å². The van der Waals surface area contributed by atoms with Crippen molar-refractivity contribution < 1.29 is 23.7 Å². The summed E-state index contributed by atoms with van der Waals surface area (Å²) in [6.07, 6.45) is 3.14. The number of rotatable bonds is 5. The minimum Gasteiger partial charge on any atom is -0.493 e. The van der Waals surface area contributed by atoms with Crippen molar-refractivity contribution in [1.29, 1.82) is 0 Å². The summed E-state index contributed by atoms with van der Waals surface area (Å²) in [4.78, 5) is 12.3. The van der Waals surface area contributed by atoms with Crippen LogP contribution in [0, 0.1) is 0 Å². The van der Waals surface area contributed by atoms with Gasteiger partial charge in [-0.05, 0) is 42.0 Å². The van der Waals surface area contributed by atoms with Crippen molar-refractivity contribution in [2.24, 2.45) is 0 Å². The Kier molecular flexibility index (Phi) is 4.62. The summed E-state index contributed by atoms with van der Waals surface area (Å²) in [5, 5.41) is 0.447. The van der Waals surface area contributed by atoms with Crippen LogP contribution >= 0.6 is 11.6 Å². The number of ketones is 1. The van der Waals surface area contributed by atoms with E-state index in [0.29, 0.717) is 33.6 Å². The van der Waals surface area contributed by atoms with Gasteiger partial charge >= 0.3 is 0 Å². The molecule has 0 saturated carbocycles. The smallest absolute Gasteiger partial charge is 0.231 e. The van der Waals surface area contributed by atoms with E-state index < -0.39 is 0 Å². The number of carbonyl (C=O) groups excluding carboxylic acids is 1. The van der Waals surface area contributed by atoms with Gasteiger partial charge in [0.2, 0.25) is 6.79 Å². The highest BCUT2D eigenvalue weighted by molar-refractivity contribution is 6.32. The minimum atomic E-state index is -0.162. The highest BCUT2D eigenvalue weighted by Crippen LogP contribution is 2.40. The first-order valence-corrected chi connectivity index (χ1v) is 7.53. The molecule has 0 bridgehead atoms. The Balaban J connectivity index is 1.82. The molecule has 0 N–H and O–H groups in total. The van der Waals surface area contributed by atoms with E-state index in [9.17, 15) is 4.79 Å². The first kappa shape index (κ1) is 16.2. The second-order valence-electron chi connectivity index (χ2n) is 5.00. The van der Waals surface area contributed by atoms with Crippen LogP contribution in [0.5, 0.6) is 23.0 Å². The molecule has 1 aliphatic rings. The van der Waals surface area contributed by atoms with E-state index >= 15 is 0 Å². The Bertz CT molecular complexity index is 813. The third-order valence-corrected chi connectivity index (χ3v) is 3.83. The molecule has 0 fully saturated rings. The van der Waals surface area contributed by atoms with Gasteiger partial charge in [0.1, 0.15) is 0 Å². The monoisotopic (exact) mass is 346 g/mol. The minimum absolute atomic E-state index is 0.146. The van der Waals surface area contributed by atoms with Crippen LogP contribution in [0.4, 0.5) is 0 Å². The summed E-state index contributed by atoms with van der Waals surface area (Å²) >= 11 is 6.13. The zero-order valence-electron chi connectivity index (χ0n) is 13.2. The molecule has 0 aliphatic carbocycles. The predicted octanol–water partition coefficient (Wildman–Crippen LogP) is 3.98. The van der Waals surface area contributed by atoms with E-state index in [2.05, 4.69) is 0 Å². The van der Waals surface area contributed by atoms with E-state index in [1.165, 1.54) is 13.2 Å². The lowest BCUT2D eigenvalue weighted by atomic mass is 10.1. The van der Waals surface area contributed by atoms with Crippen LogP contribution < -0.4 is 18.9 Å². The summed E-state index contributed by atoms with van der Waals surface area (Å²) in [5.41, 5.74) is 1.24. The number of ether oxygens (including phenoxy) is 4. The average Bonchev–Trinajstić information content (AvgIpc) is 3.08. The van der Waals surface area contributed by atoms with Gasteiger partial charge in [-0.1, -0.05) is 17.7 Å². The molecule has 0 amide bonds. The fourth-order valence-electron chi connectivity index (χ4n) is 2.34. The Hall–Kier alpha value is -2.66. The quantitative estimate of drug-likeness (QED) is 0.605. The lowest BCUT2D eigenvalue weighted by molar-refractivity contribution is 0.104. The molecule has 0 atom stereocenters. The van der Waals surface area contributed by atoms with Crippen LogP contribution in [-0.2, 0) is 0 Å². The van der Waals surface area contributed by atoms with E-state index in [-0.39, 0.29) is 12.6 Å². The molecule has 5 nitrogen and oxygen atoms in total. The van der Waals surface area contributed by atoms with Crippen molar-refractivity contribution in [3.63, 3.8) is 0 Å². The number of hydrogen-bond donors (Lipinski definition) is 0. The fourth-order valence-corrected chi connectivity index (χ4v) is 2.61. The molecular formula is C18H15ClO5. The van der Waals surface area contributed by atoms with Gasteiger partial charge in [-0.2, -0.15) is 0 Å². The van der Waals surface area contributed by atoms with Gasteiger partial charge in [-0.25, -0.2) is 0 Å². The number of methoxy groups -OCH3 is 2. The maximum Gasteiger partial charge on any atom is 0.231 e. The summed E-state index contributed by atoms with van der Waals surface area (Å²) in [7, 11) is 3.07. The van der Waals surface area contributed by atoms with Gasteiger partial charge in [-0.15, -0.1) is 0 Å². The van der Waals surface area contributed by atoms with Crippen molar-refractivity contribution in [2.75, 3.05) is 21.0 Å². The van der Waals surface area contributed by atoms with Gasteiger partial charge in [0.05, 0.1) is 19.2 Å². The van der Waals surface area contributed by atoms with E-state index in [1.807, 2.05) is 0 Å². The van der Waals surface area contributed by atoms with E-state index in [4.69, 9.17) is 30.5 Å². The Morgan fingerprint density at radius 2 is 1.92 bits per heavy atom. The lowest BCUT2D eigenvalue weighted by Crippen LogP contribution is -1.97.